The van der Waals surface area contributed by atoms with Gasteiger partial charge in [-0.2, -0.15) is 5.10 Å². The minimum Gasteiger partial charge on any atom is -0.493 e. The van der Waals surface area contributed by atoms with Crippen LogP contribution in [-0.4, -0.2) is 23.0 Å². The third-order valence-electron chi connectivity index (χ3n) is 3.78. The Balaban J connectivity index is 1.82. The smallest absolute Gasteiger partial charge is 0.221 e. The number of rotatable bonds is 6. The van der Waals surface area contributed by atoms with E-state index in [-0.39, 0.29) is 0 Å². The summed E-state index contributed by atoms with van der Waals surface area (Å²) >= 11 is 9.72. The number of halogens is 2. The van der Waals surface area contributed by atoms with Crippen molar-refractivity contribution in [2.24, 2.45) is 5.10 Å². The van der Waals surface area contributed by atoms with Crippen molar-refractivity contribution in [3.63, 3.8) is 0 Å². The van der Waals surface area contributed by atoms with Gasteiger partial charge in [-0.15, -0.1) is 0 Å². The summed E-state index contributed by atoms with van der Waals surface area (Å²) in [5.74, 6) is 1.51. The highest BCUT2D eigenvalue weighted by Crippen LogP contribution is 2.34. The van der Waals surface area contributed by atoms with Gasteiger partial charge in [0.15, 0.2) is 11.5 Å². The summed E-state index contributed by atoms with van der Waals surface area (Å²) in [4.78, 5) is 4.11. The summed E-state index contributed by atoms with van der Waals surface area (Å²) in [6.07, 6.45) is 3.42. The highest BCUT2D eigenvalue weighted by atomic mass is 79.9. The number of imidazole rings is 1. The van der Waals surface area contributed by atoms with Crippen molar-refractivity contribution in [1.82, 2.24) is 9.66 Å². The first kappa shape index (κ1) is 19.3. The third-order valence-corrected chi connectivity index (χ3v) is 4.84. The van der Waals surface area contributed by atoms with Gasteiger partial charge < -0.3 is 15.2 Å². The zero-order chi connectivity index (χ0) is 19.4. The molecule has 0 aliphatic carbocycles. The van der Waals surface area contributed by atoms with Crippen molar-refractivity contribution >= 4 is 39.7 Å². The molecule has 2 aromatic carbocycles. The number of nitrogens with zero attached hydrogens (tertiary/aromatic N) is 3. The average molecular weight is 450 g/mol. The molecule has 1 heterocycles. The number of aromatic nitrogens is 2. The maximum Gasteiger partial charge on any atom is 0.221 e. The lowest BCUT2D eigenvalue weighted by Crippen LogP contribution is -2.00. The van der Waals surface area contributed by atoms with Crippen LogP contribution in [0.4, 0.5) is 5.95 Å². The topological polar surface area (TPSA) is 74.7 Å². The maximum absolute atomic E-state index is 6.18. The van der Waals surface area contributed by atoms with Crippen molar-refractivity contribution in [2.45, 2.75) is 13.5 Å². The lowest BCUT2D eigenvalue weighted by Gasteiger charge is -2.13. The summed E-state index contributed by atoms with van der Waals surface area (Å²) in [7, 11) is 1.59. The standard InChI is InChI=1S/C19H18BrClN4O2/c1-12-10-25(19(22)24-12)23-9-14-7-17(26-2)18(8-15(14)20)27-11-13-5-3-4-6-16(13)21/h3-10H,11H2,1-2H3,(H2,22,24). The van der Waals surface area contributed by atoms with E-state index < -0.39 is 0 Å². The fourth-order valence-electron chi connectivity index (χ4n) is 2.41. The maximum atomic E-state index is 6.18. The zero-order valence-electron chi connectivity index (χ0n) is 14.8. The molecule has 8 heteroatoms. The lowest BCUT2D eigenvalue weighted by atomic mass is 10.2. The van der Waals surface area contributed by atoms with Crippen molar-refractivity contribution in [1.29, 1.82) is 0 Å². The molecule has 1 aromatic heterocycles. The Hall–Kier alpha value is -2.51. The Labute approximate surface area is 170 Å². The second kappa shape index (κ2) is 8.45. The molecule has 3 rings (SSSR count). The molecule has 140 valence electrons. The molecule has 0 bridgehead atoms. The number of anilines is 1. The van der Waals surface area contributed by atoms with Gasteiger partial charge in [-0.1, -0.05) is 29.8 Å². The molecule has 0 amide bonds. The molecule has 0 aliphatic heterocycles. The van der Waals surface area contributed by atoms with Gasteiger partial charge in [0.1, 0.15) is 6.61 Å². The molecule has 3 aromatic rings. The fraction of sp³-hybridized carbons (Fsp3) is 0.158. The van der Waals surface area contributed by atoms with Crippen LogP contribution >= 0.6 is 27.5 Å². The summed E-state index contributed by atoms with van der Waals surface area (Å²) in [5, 5.41) is 4.99. The summed E-state index contributed by atoms with van der Waals surface area (Å²) in [6.45, 7) is 2.19. The molecule has 0 unspecified atom stereocenters. The first-order valence-corrected chi connectivity index (χ1v) is 9.24. The molecule has 2 N–H and O–H groups in total. The molecule has 0 saturated carbocycles. The van der Waals surface area contributed by atoms with E-state index in [9.17, 15) is 0 Å². The van der Waals surface area contributed by atoms with Crippen molar-refractivity contribution in [3.8, 4) is 11.5 Å². The SMILES string of the molecule is COc1cc(C=Nn2cc(C)nc2N)c(Br)cc1OCc1ccccc1Cl. The molecule has 6 nitrogen and oxygen atoms in total. The Morgan fingerprint density at radius 3 is 2.74 bits per heavy atom. The Bertz CT molecular complexity index is 988. The second-order valence-corrected chi connectivity index (χ2v) is 7.00. The number of benzene rings is 2. The quantitative estimate of drug-likeness (QED) is 0.555. The van der Waals surface area contributed by atoms with E-state index in [1.54, 1.807) is 19.5 Å². The molecular weight excluding hydrogens is 432 g/mol. The van der Waals surface area contributed by atoms with Crippen LogP contribution < -0.4 is 15.2 Å². The largest absolute Gasteiger partial charge is 0.493 e. The average Bonchev–Trinajstić information content (AvgIpc) is 2.97. The number of methoxy groups -OCH3 is 1. The van der Waals surface area contributed by atoms with Crippen LogP contribution in [0.2, 0.25) is 5.02 Å². The Kier molecular flexibility index (Phi) is 6.03. The minimum absolute atomic E-state index is 0.325. The lowest BCUT2D eigenvalue weighted by molar-refractivity contribution is 0.284. The van der Waals surface area contributed by atoms with Crippen LogP contribution in [0.25, 0.3) is 0 Å². The third kappa shape index (κ3) is 4.61. The van der Waals surface area contributed by atoms with Crippen LogP contribution in [0, 0.1) is 6.92 Å². The van der Waals surface area contributed by atoms with E-state index in [2.05, 4.69) is 26.0 Å². The van der Waals surface area contributed by atoms with Crippen LogP contribution in [-0.2, 0) is 6.61 Å². The van der Waals surface area contributed by atoms with E-state index >= 15 is 0 Å². The summed E-state index contributed by atoms with van der Waals surface area (Å²) in [5.41, 5.74) is 8.30. The van der Waals surface area contributed by atoms with Crippen LogP contribution in [0.1, 0.15) is 16.8 Å². The molecular formula is C19H18BrClN4O2. The van der Waals surface area contributed by atoms with Gasteiger partial charge in [0.25, 0.3) is 0 Å². The zero-order valence-corrected chi connectivity index (χ0v) is 17.2. The van der Waals surface area contributed by atoms with Gasteiger partial charge in [0.05, 0.1) is 25.2 Å². The first-order chi connectivity index (χ1) is 13.0. The predicted molar refractivity (Wildman–Crippen MR) is 111 cm³/mol. The van der Waals surface area contributed by atoms with Crippen molar-refractivity contribution in [3.05, 3.63) is 68.9 Å². The normalized spacial score (nSPS) is 11.1. The van der Waals surface area contributed by atoms with Gasteiger partial charge in [-0.3, -0.25) is 0 Å². The van der Waals surface area contributed by atoms with Crippen LogP contribution in [0.3, 0.4) is 0 Å². The van der Waals surface area contributed by atoms with Crippen molar-refractivity contribution in [2.75, 3.05) is 12.8 Å². The van der Waals surface area contributed by atoms with Gasteiger partial charge in [0.2, 0.25) is 5.95 Å². The van der Waals surface area contributed by atoms with Crippen molar-refractivity contribution < 1.29 is 9.47 Å². The number of hydrogen-bond acceptors (Lipinski definition) is 5. The summed E-state index contributed by atoms with van der Waals surface area (Å²) in [6, 6.07) is 11.2. The first-order valence-electron chi connectivity index (χ1n) is 8.07. The van der Waals surface area contributed by atoms with Crippen LogP contribution in [0.15, 0.2) is 52.2 Å². The molecule has 0 atom stereocenters. The minimum atomic E-state index is 0.325. The number of nitrogen functional groups attached to an aromatic ring is 1. The van der Waals surface area contributed by atoms with Gasteiger partial charge in [-0.25, -0.2) is 9.66 Å². The highest BCUT2D eigenvalue weighted by Gasteiger charge is 2.11. The van der Waals surface area contributed by atoms with Gasteiger partial charge in [0, 0.05) is 20.6 Å². The van der Waals surface area contributed by atoms with Gasteiger partial charge >= 0.3 is 0 Å². The molecule has 0 spiro atoms. The number of nitrogens with two attached hydrogens (primary N) is 1. The monoisotopic (exact) mass is 448 g/mol. The van der Waals surface area contributed by atoms with E-state index in [1.165, 1.54) is 4.68 Å². The highest BCUT2D eigenvalue weighted by molar-refractivity contribution is 9.10. The number of hydrogen-bond donors (Lipinski definition) is 1. The Morgan fingerprint density at radius 1 is 1.30 bits per heavy atom. The van der Waals surface area contributed by atoms with Crippen LogP contribution in [0.5, 0.6) is 11.5 Å². The number of ether oxygens (including phenoxy) is 2. The number of aryl methyl sites for hydroxylation is 1. The molecule has 27 heavy (non-hydrogen) atoms. The van der Waals surface area contributed by atoms with E-state index in [0.29, 0.717) is 29.1 Å². The second-order valence-electron chi connectivity index (χ2n) is 5.73. The predicted octanol–water partition coefficient (Wildman–Crippen LogP) is 4.66. The fourth-order valence-corrected chi connectivity index (χ4v) is 3.03. The molecule has 0 saturated heterocycles. The van der Waals surface area contributed by atoms with E-state index in [4.69, 9.17) is 26.8 Å². The van der Waals surface area contributed by atoms with E-state index in [0.717, 1.165) is 21.3 Å². The molecule has 0 radical (unpaired) electrons. The Morgan fingerprint density at radius 2 is 2.07 bits per heavy atom. The molecule has 0 fully saturated rings. The van der Waals surface area contributed by atoms with E-state index in [1.807, 2.05) is 43.3 Å². The van der Waals surface area contributed by atoms with Gasteiger partial charge in [-0.05, 0) is 41.1 Å². The summed E-state index contributed by atoms with van der Waals surface area (Å²) < 4.78 is 13.7. The molecule has 0 aliphatic rings.